The maximum Gasteiger partial charge on any atom is 0.323 e. The number of carbonyl (C=O) groups is 2. The van der Waals surface area contributed by atoms with Crippen molar-refractivity contribution in [2.75, 3.05) is 14.2 Å². The Morgan fingerprint density at radius 3 is 1.92 bits per heavy atom. The first-order chi connectivity index (χ1) is 6.02. The predicted molar refractivity (Wildman–Crippen MR) is 45.6 cm³/mol. The van der Waals surface area contributed by atoms with Gasteiger partial charge in [0, 0.05) is 6.42 Å². The van der Waals surface area contributed by atoms with E-state index in [0.717, 1.165) is 0 Å². The Bertz CT molecular complexity index is 233. The molecule has 0 rings (SSSR count). The number of methoxy groups -OCH3 is 2. The van der Waals surface area contributed by atoms with Gasteiger partial charge in [-0.3, -0.25) is 9.59 Å². The first kappa shape index (κ1) is 11.5. The zero-order valence-corrected chi connectivity index (χ0v) is 7.92. The summed E-state index contributed by atoms with van der Waals surface area (Å²) in [5, 5.41) is 0. The molecule has 0 spiro atoms. The Morgan fingerprint density at radius 2 is 1.69 bits per heavy atom. The first-order valence-corrected chi connectivity index (χ1v) is 3.63. The molecule has 4 nitrogen and oxygen atoms in total. The monoisotopic (exact) mass is 184 g/mol. The highest BCUT2D eigenvalue weighted by Crippen LogP contribution is 2.24. The second-order valence-corrected chi connectivity index (χ2v) is 2.70. The molecule has 0 aliphatic heterocycles. The highest BCUT2D eigenvalue weighted by molar-refractivity contribution is 5.99. The van der Waals surface area contributed by atoms with Crippen LogP contribution in [0.25, 0.3) is 0 Å². The molecule has 0 aromatic heterocycles. The summed E-state index contributed by atoms with van der Waals surface area (Å²) in [6.45, 7) is 1.39. The number of rotatable bonds is 3. The minimum atomic E-state index is -1.39. The van der Waals surface area contributed by atoms with Crippen molar-refractivity contribution in [2.24, 2.45) is 5.41 Å². The lowest BCUT2D eigenvalue weighted by molar-refractivity contribution is -0.167. The minimum absolute atomic E-state index is 0.0354. The molecule has 0 heterocycles. The van der Waals surface area contributed by atoms with Crippen molar-refractivity contribution in [3.05, 3.63) is 0 Å². The standard InChI is InChI=1S/C9H12O4/c1-5-6-9(2,7(10)12-3)8(11)13-4/h1H,6H2,2-4H3. The summed E-state index contributed by atoms with van der Waals surface area (Å²) in [5.74, 6) is 0.871. The van der Waals surface area contributed by atoms with Crippen LogP contribution in [0.5, 0.6) is 0 Å². The molecule has 72 valence electrons. The highest BCUT2D eigenvalue weighted by atomic mass is 16.5. The number of hydrogen-bond acceptors (Lipinski definition) is 4. The molecule has 0 aliphatic rings. The van der Waals surface area contributed by atoms with E-state index in [0.29, 0.717) is 0 Å². The SMILES string of the molecule is C#CCC(C)(C(=O)OC)C(=O)OC. The molecule has 0 saturated heterocycles. The van der Waals surface area contributed by atoms with Crippen molar-refractivity contribution < 1.29 is 19.1 Å². The third-order valence-electron chi connectivity index (χ3n) is 1.73. The van der Waals surface area contributed by atoms with E-state index in [4.69, 9.17) is 6.42 Å². The lowest BCUT2D eigenvalue weighted by atomic mass is 9.87. The van der Waals surface area contributed by atoms with Crippen LogP contribution in [-0.2, 0) is 19.1 Å². The molecule has 0 saturated carbocycles. The molecular weight excluding hydrogens is 172 g/mol. The quantitative estimate of drug-likeness (QED) is 0.361. The second-order valence-electron chi connectivity index (χ2n) is 2.70. The number of hydrogen-bond donors (Lipinski definition) is 0. The minimum Gasteiger partial charge on any atom is -0.468 e. The number of terminal acetylenes is 1. The number of carbonyl (C=O) groups excluding carboxylic acids is 2. The lowest BCUT2D eigenvalue weighted by Gasteiger charge is -2.20. The molecule has 0 aliphatic carbocycles. The maximum absolute atomic E-state index is 11.2. The van der Waals surface area contributed by atoms with Crippen molar-refractivity contribution in [3.63, 3.8) is 0 Å². The van der Waals surface area contributed by atoms with Crippen molar-refractivity contribution >= 4 is 11.9 Å². The number of esters is 2. The van der Waals surface area contributed by atoms with E-state index in [1.807, 2.05) is 0 Å². The van der Waals surface area contributed by atoms with Gasteiger partial charge in [-0.2, -0.15) is 0 Å². The summed E-state index contributed by atoms with van der Waals surface area (Å²) in [4.78, 5) is 22.4. The van der Waals surface area contributed by atoms with Gasteiger partial charge in [-0.15, -0.1) is 12.3 Å². The highest BCUT2D eigenvalue weighted by Gasteiger charge is 2.42. The largest absolute Gasteiger partial charge is 0.468 e. The molecule has 0 amide bonds. The summed E-state index contributed by atoms with van der Waals surface area (Å²) >= 11 is 0. The second kappa shape index (κ2) is 4.51. The van der Waals surface area contributed by atoms with Gasteiger partial charge in [-0.1, -0.05) is 0 Å². The van der Waals surface area contributed by atoms with Gasteiger partial charge in [0.05, 0.1) is 14.2 Å². The molecule has 13 heavy (non-hydrogen) atoms. The van der Waals surface area contributed by atoms with E-state index in [2.05, 4.69) is 15.4 Å². The zero-order valence-electron chi connectivity index (χ0n) is 7.92. The fourth-order valence-electron chi connectivity index (χ4n) is 0.882. The summed E-state index contributed by atoms with van der Waals surface area (Å²) < 4.78 is 8.91. The average molecular weight is 184 g/mol. The third kappa shape index (κ3) is 2.22. The Labute approximate surface area is 77.2 Å². The topological polar surface area (TPSA) is 52.6 Å². The van der Waals surface area contributed by atoms with Crippen LogP contribution in [0.1, 0.15) is 13.3 Å². The van der Waals surface area contributed by atoms with E-state index in [-0.39, 0.29) is 6.42 Å². The summed E-state index contributed by atoms with van der Waals surface area (Å²) in [5.41, 5.74) is -1.39. The van der Waals surface area contributed by atoms with Gasteiger partial charge in [0.15, 0.2) is 5.41 Å². The van der Waals surface area contributed by atoms with Crippen LogP contribution in [0.4, 0.5) is 0 Å². The normalized spacial score (nSPS) is 10.0. The van der Waals surface area contributed by atoms with Crippen molar-refractivity contribution in [1.82, 2.24) is 0 Å². The summed E-state index contributed by atoms with van der Waals surface area (Å²) in [7, 11) is 2.39. The zero-order chi connectivity index (χ0) is 10.5. The Balaban J connectivity index is 4.84. The van der Waals surface area contributed by atoms with Gasteiger partial charge in [0.2, 0.25) is 0 Å². The van der Waals surface area contributed by atoms with E-state index < -0.39 is 17.4 Å². The first-order valence-electron chi connectivity index (χ1n) is 3.63. The third-order valence-corrected chi connectivity index (χ3v) is 1.73. The van der Waals surface area contributed by atoms with E-state index in [9.17, 15) is 9.59 Å². The molecule has 0 aromatic carbocycles. The predicted octanol–water partition coefficient (Wildman–Crippen LogP) is 0.362. The molecule has 0 bridgehead atoms. The van der Waals surface area contributed by atoms with Gasteiger partial charge in [0.25, 0.3) is 0 Å². The molecular formula is C9H12O4. The lowest BCUT2D eigenvalue weighted by Crippen LogP contribution is -2.38. The average Bonchev–Trinajstić information content (AvgIpc) is 2.15. The Kier molecular flexibility index (Phi) is 3.99. The van der Waals surface area contributed by atoms with Crippen LogP contribution >= 0.6 is 0 Å². The molecule has 0 radical (unpaired) electrons. The van der Waals surface area contributed by atoms with Crippen LogP contribution in [0.3, 0.4) is 0 Å². The van der Waals surface area contributed by atoms with Gasteiger partial charge in [0.1, 0.15) is 0 Å². The fourth-order valence-corrected chi connectivity index (χ4v) is 0.882. The van der Waals surface area contributed by atoms with E-state index in [1.165, 1.54) is 21.1 Å². The molecule has 4 heteroatoms. The maximum atomic E-state index is 11.2. The van der Waals surface area contributed by atoms with Crippen LogP contribution in [0.2, 0.25) is 0 Å². The van der Waals surface area contributed by atoms with Crippen LogP contribution in [-0.4, -0.2) is 26.2 Å². The number of ether oxygens (including phenoxy) is 2. The van der Waals surface area contributed by atoms with E-state index in [1.54, 1.807) is 0 Å². The van der Waals surface area contributed by atoms with Gasteiger partial charge in [-0.05, 0) is 6.92 Å². The fraction of sp³-hybridized carbons (Fsp3) is 0.556. The van der Waals surface area contributed by atoms with Crippen LogP contribution in [0, 0.1) is 17.8 Å². The van der Waals surface area contributed by atoms with E-state index >= 15 is 0 Å². The van der Waals surface area contributed by atoms with Gasteiger partial charge < -0.3 is 9.47 Å². The van der Waals surface area contributed by atoms with Crippen molar-refractivity contribution in [2.45, 2.75) is 13.3 Å². The molecule has 0 N–H and O–H groups in total. The van der Waals surface area contributed by atoms with Crippen LogP contribution < -0.4 is 0 Å². The molecule has 0 atom stereocenters. The molecule has 0 fully saturated rings. The smallest absolute Gasteiger partial charge is 0.323 e. The summed E-state index contributed by atoms with van der Waals surface area (Å²) in [6, 6.07) is 0. The summed E-state index contributed by atoms with van der Waals surface area (Å²) in [6.07, 6.45) is 5.00. The van der Waals surface area contributed by atoms with Crippen molar-refractivity contribution in [3.8, 4) is 12.3 Å². The molecule has 0 aromatic rings. The van der Waals surface area contributed by atoms with Gasteiger partial charge >= 0.3 is 11.9 Å². The van der Waals surface area contributed by atoms with Crippen LogP contribution in [0.15, 0.2) is 0 Å². The van der Waals surface area contributed by atoms with Crippen molar-refractivity contribution in [1.29, 1.82) is 0 Å². The Hall–Kier alpha value is -1.50. The molecule has 0 unspecified atom stereocenters. The Morgan fingerprint density at radius 1 is 1.31 bits per heavy atom. The van der Waals surface area contributed by atoms with Gasteiger partial charge in [-0.25, -0.2) is 0 Å².